The summed E-state index contributed by atoms with van der Waals surface area (Å²) < 4.78 is 5.45. The van der Waals surface area contributed by atoms with Gasteiger partial charge >= 0.3 is 5.97 Å². The van der Waals surface area contributed by atoms with Crippen molar-refractivity contribution in [1.82, 2.24) is 5.32 Å². The van der Waals surface area contributed by atoms with E-state index in [-0.39, 0.29) is 18.5 Å². The minimum Gasteiger partial charge on any atom is -0.466 e. The van der Waals surface area contributed by atoms with Crippen molar-refractivity contribution >= 4 is 11.9 Å². The number of amides is 1. The maximum Gasteiger partial charge on any atom is 0.305 e. The molecule has 0 aromatic heterocycles. The first-order chi connectivity index (χ1) is 31.0. The van der Waals surface area contributed by atoms with Gasteiger partial charge in [0.2, 0.25) is 5.91 Å². The molecule has 0 saturated heterocycles. The standard InChI is InChI=1S/C57H109NO5/c1-3-5-7-9-11-13-15-30-33-37-41-45-49-55(60)54(53-59)58-56(61)50-46-42-38-34-31-27-25-23-21-19-17-16-18-20-22-24-26-28-32-36-40-44-48-52-63-57(62)51-47-43-39-35-29-14-12-10-8-6-4-2/h10,12,45,49,54-55,59-60H,3-9,11,13-44,46-48,50-53H2,1-2H3,(H,58,61)/b12-10-,49-45+. The van der Waals surface area contributed by atoms with E-state index in [2.05, 4.69) is 31.3 Å². The molecule has 0 saturated carbocycles. The van der Waals surface area contributed by atoms with Gasteiger partial charge in [0.1, 0.15) is 0 Å². The van der Waals surface area contributed by atoms with Crippen LogP contribution in [-0.4, -0.2) is 47.4 Å². The lowest BCUT2D eigenvalue weighted by molar-refractivity contribution is -0.143. The third kappa shape index (κ3) is 49.6. The monoisotopic (exact) mass is 888 g/mol. The summed E-state index contributed by atoms with van der Waals surface area (Å²) >= 11 is 0. The Balaban J connectivity index is 3.38. The molecule has 0 aliphatic heterocycles. The third-order valence-electron chi connectivity index (χ3n) is 13.0. The van der Waals surface area contributed by atoms with Crippen molar-refractivity contribution in [2.24, 2.45) is 0 Å². The Labute approximate surface area is 392 Å². The maximum absolute atomic E-state index is 12.4. The molecule has 0 aliphatic rings. The van der Waals surface area contributed by atoms with Gasteiger partial charge in [-0.05, 0) is 51.4 Å². The first kappa shape index (κ1) is 61.3. The summed E-state index contributed by atoms with van der Waals surface area (Å²) in [5, 5.41) is 23.0. The van der Waals surface area contributed by atoms with Crippen LogP contribution in [0.2, 0.25) is 0 Å². The number of aliphatic hydroxyl groups excluding tert-OH is 2. The maximum atomic E-state index is 12.4. The largest absolute Gasteiger partial charge is 0.466 e. The number of rotatable bonds is 52. The lowest BCUT2D eigenvalue weighted by Crippen LogP contribution is -2.45. The Kier molecular flexibility index (Phi) is 51.6. The number of esters is 1. The van der Waals surface area contributed by atoms with Crippen LogP contribution in [0, 0.1) is 0 Å². The van der Waals surface area contributed by atoms with E-state index < -0.39 is 12.1 Å². The number of ether oxygens (including phenoxy) is 1. The van der Waals surface area contributed by atoms with Crippen molar-refractivity contribution < 1.29 is 24.5 Å². The zero-order valence-electron chi connectivity index (χ0n) is 42.3. The molecule has 0 aliphatic carbocycles. The molecule has 1 amide bonds. The normalized spacial score (nSPS) is 12.8. The van der Waals surface area contributed by atoms with Crippen LogP contribution in [0.15, 0.2) is 24.3 Å². The Morgan fingerprint density at radius 1 is 0.429 bits per heavy atom. The molecule has 3 N–H and O–H groups in total. The molecule has 0 fully saturated rings. The van der Waals surface area contributed by atoms with Crippen LogP contribution in [0.4, 0.5) is 0 Å². The third-order valence-corrected chi connectivity index (χ3v) is 13.0. The van der Waals surface area contributed by atoms with Crippen LogP contribution in [0.5, 0.6) is 0 Å². The fraction of sp³-hybridized carbons (Fsp3) is 0.895. The molecule has 0 aromatic rings. The number of nitrogens with one attached hydrogen (secondary N) is 1. The number of aliphatic hydroxyl groups is 2. The molecule has 6 nitrogen and oxygen atoms in total. The van der Waals surface area contributed by atoms with Crippen molar-refractivity contribution in [3.63, 3.8) is 0 Å². The van der Waals surface area contributed by atoms with E-state index in [0.29, 0.717) is 19.4 Å². The molecule has 2 unspecified atom stereocenters. The van der Waals surface area contributed by atoms with E-state index >= 15 is 0 Å². The fourth-order valence-corrected chi connectivity index (χ4v) is 8.62. The number of unbranched alkanes of at least 4 members (excludes halogenated alkanes) is 39. The first-order valence-corrected chi connectivity index (χ1v) is 28.1. The summed E-state index contributed by atoms with van der Waals surface area (Å²) in [6.45, 7) is 4.86. The van der Waals surface area contributed by atoms with Crippen molar-refractivity contribution in [3.8, 4) is 0 Å². The minimum absolute atomic E-state index is 0.00257. The number of carbonyl (C=O) groups is 2. The molecular weight excluding hydrogens is 779 g/mol. The van der Waals surface area contributed by atoms with Crippen molar-refractivity contribution in [2.75, 3.05) is 13.2 Å². The van der Waals surface area contributed by atoms with Crippen LogP contribution >= 0.6 is 0 Å². The van der Waals surface area contributed by atoms with E-state index in [4.69, 9.17) is 4.74 Å². The van der Waals surface area contributed by atoms with Gasteiger partial charge in [0.15, 0.2) is 0 Å². The Morgan fingerprint density at radius 2 is 0.762 bits per heavy atom. The van der Waals surface area contributed by atoms with Crippen molar-refractivity contribution in [3.05, 3.63) is 24.3 Å². The second-order valence-electron chi connectivity index (χ2n) is 19.3. The van der Waals surface area contributed by atoms with Gasteiger partial charge in [-0.15, -0.1) is 0 Å². The number of hydrogen-bond donors (Lipinski definition) is 3. The molecule has 0 heterocycles. The highest BCUT2D eigenvalue weighted by atomic mass is 16.5. The fourth-order valence-electron chi connectivity index (χ4n) is 8.62. The van der Waals surface area contributed by atoms with Crippen molar-refractivity contribution in [2.45, 2.75) is 315 Å². The second-order valence-corrected chi connectivity index (χ2v) is 19.3. The summed E-state index contributed by atoms with van der Waals surface area (Å²) in [4.78, 5) is 24.4. The number of hydrogen-bond acceptors (Lipinski definition) is 5. The van der Waals surface area contributed by atoms with E-state index in [1.807, 2.05) is 6.08 Å². The topological polar surface area (TPSA) is 95.9 Å². The summed E-state index contributed by atoms with van der Waals surface area (Å²) in [5.74, 6) is -0.0652. The zero-order valence-corrected chi connectivity index (χ0v) is 42.3. The molecule has 0 spiro atoms. The van der Waals surface area contributed by atoms with E-state index in [1.54, 1.807) is 6.08 Å². The summed E-state index contributed by atoms with van der Waals surface area (Å²) in [7, 11) is 0. The quantitative estimate of drug-likeness (QED) is 0.0321. The van der Waals surface area contributed by atoms with Crippen LogP contribution in [0.25, 0.3) is 0 Å². The van der Waals surface area contributed by atoms with Gasteiger partial charge in [-0.25, -0.2) is 0 Å². The van der Waals surface area contributed by atoms with E-state index in [0.717, 1.165) is 44.9 Å². The molecular formula is C57H109NO5. The molecule has 2 atom stereocenters. The second kappa shape index (κ2) is 53.0. The van der Waals surface area contributed by atoms with Crippen LogP contribution in [0.1, 0.15) is 303 Å². The lowest BCUT2D eigenvalue weighted by Gasteiger charge is -2.20. The highest BCUT2D eigenvalue weighted by Crippen LogP contribution is 2.17. The molecule has 0 radical (unpaired) electrons. The predicted octanol–water partition coefficient (Wildman–Crippen LogP) is 17.1. The van der Waals surface area contributed by atoms with Gasteiger partial charge in [-0.2, -0.15) is 0 Å². The summed E-state index contributed by atoms with van der Waals surface area (Å²) in [6.07, 6.45) is 63.5. The molecule has 63 heavy (non-hydrogen) atoms. The van der Waals surface area contributed by atoms with Gasteiger partial charge in [0, 0.05) is 12.8 Å². The Hall–Kier alpha value is -1.66. The van der Waals surface area contributed by atoms with Gasteiger partial charge in [0.25, 0.3) is 0 Å². The van der Waals surface area contributed by atoms with Gasteiger partial charge in [-0.3, -0.25) is 9.59 Å². The van der Waals surface area contributed by atoms with Crippen LogP contribution in [0.3, 0.4) is 0 Å². The van der Waals surface area contributed by atoms with Gasteiger partial charge in [0.05, 0.1) is 25.4 Å². The highest BCUT2D eigenvalue weighted by molar-refractivity contribution is 5.76. The van der Waals surface area contributed by atoms with Gasteiger partial charge in [-0.1, -0.05) is 263 Å². The summed E-state index contributed by atoms with van der Waals surface area (Å²) in [6, 6.07) is -0.626. The first-order valence-electron chi connectivity index (χ1n) is 28.1. The van der Waals surface area contributed by atoms with Crippen LogP contribution < -0.4 is 5.32 Å². The smallest absolute Gasteiger partial charge is 0.305 e. The van der Waals surface area contributed by atoms with Crippen LogP contribution in [-0.2, 0) is 14.3 Å². The van der Waals surface area contributed by atoms with E-state index in [1.165, 1.54) is 231 Å². The summed E-state index contributed by atoms with van der Waals surface area (Å²) in [5.41, 5.74) is 0. The minimum atomic E-state index is -0.842. The predicted molar refractivity (Wildman–Crippen MR) is 273 cm³/mol. The molecule has 372 valence electrons. The lowest BCUT2D eigenvalue weighted by atomic mass is 10.0. The number of allylic oxidation sites excluding steroid dienone is 3. The van der Waals surface area contributed by atoms with Gasteiger partial charge < -0.3 is 20.3 Å². The average Bonchev–Trinajstić information content (AvgIpc) is 3.28. The zero-order chi connectivity index (χ0) is 45.8. The average molecular weight is 889 g/mol. The van der Waals surface area contributed by atoms with E-state index in [9.17, 15) is 19.8 Å². The molecule has 0 bridgehead atoms. The molecule has 0 rings (SSSR count). The SMILES string of the molecule is CCCC/C=C\CCCCCCCC(=O)OCCCCCCCCCCCCCCCCCCCCCCCCCC(=O)NC(CO)C(O)/C=C/CCCCCCCCCCCC. The Bertz CT molecular complexity index is 982. The number of carbonyl (C=O) groups excluding carboxylic acids is 2. The molecule has 0 aromatic carbocycles. The van der Waals surface area contributed by atoms with Crippen molar-refractivity contribution in [1.29, 1.82) is 0 Å². The highest BCUT2D eigenvalue weighted by Gasteiger charge is 2.18. The molecule has 6 heteroatoms. The Morgan fingerprint density at radius 3 is 1.17 bits per heavy atom.